The van der Waals surface area contributed by atoms with Crippen LogP contribution in [0.1, 0.15) is 24.8 Å². The molecule has 0 fully saturated rings. The lowest BCUT2D eigenvalue weighted by Crippen LogP contribution is -2.31. The quantitative estimate of drug-likeness (QED) is 0.823. The first-order chi connectivity index (χ1) is 10.1. The Bertz CT molecular complexity index is 606. The number of rotatable bonds is 7. The molecule has 112 valence electrons. The van der Waals surface area contributed by atoms with E-state index in [0.717, 1.165) is 21.6 Å². The van der Waals surface area contributed by atoms with Crippen LogP contribution in [-0.2, 0) is 16.0 Å². The molecule has 2 N–H and O–H groups in total. The van der Waals surface area contributed by atoms with Gasteiger partial charge in [-0.1, -0.05) is 19.1 Å². The molecule has 0 spiro atoms. The number of thiazole rings is 1. The zero-order chi connectivity index (χ0) is 15.2. The molecule has 2 aromatic rings. The molecule has 5 nitrogen and oxygen atoms in total. The lowest BCUT2D eigenvalue weighted by atomic mass is 10.2. The molecule has 1 unspecified atom stereocenters. The molecule has 0 aliphatic rings. The zero-order valence-electron chi connectivity index (χ0n) is 11.8. The summed E-state index contributed by atoms with van der Waals surface area (Å²) in [4.78, 5) is 26.8. The number of fused-ring (bicyclic) bond motifs is 1. The van der Waals surface area contributed by atoms with Crippen LogP contribution in [0.4, 0.5) is 0 Å². The first kappa shape index (κ1) is 15.4. The predicted molar refractivity (Wildman–Crippen MR) is 82.4 cm³/mol. The van der Waals surface area contributed by atoms with Crippen molar-refractivity contribution in [3.8, 4) is 0 Å². The third-order valence-corrected chi connectivity index (χ3v) is 4.26. The number of hydrogen-bond donors (Lipinski definition) is 2. The van der Waals surface area contributed by atoms with Crippen LogP contribution in [0.3, 0.4) is 0 Å². The number of hydrogen-bond acceptors (Lipinski definition) is 4. The van der Waals surface area contributed by atoms with Gasteiger partial charge in [0.05, 0.1) is 21.1 Å². The number of amides is 1. The summed E-state index contributed by atoms with van der Waals surface area (Å²) in [6, 6.07) is 7.97. The van der Waals surface area contributed by atoms with Gasteiger partial charge in [0.1, 0.15) is 0 Å². The van der Waals surface area contributed by atoms with Gasteiger partial charge in [-0.25, -0.2) is 4.98 Å². The van der Waals surface area contributed by atoms with Gasteiger partial charge in [-0.3, -0.25) is 9.59 Å². The molecule has 1 amide bonds. The topological polar surface area (TPSA) is 79.3 Å². The van der Waals surface area contributed by atoms with E-state index >= 15 is 0 Å². The fourth-order valence-electron chi connectivity index (χ4n) is 1.87. The Morgan fingerprint density at radius 3 is 2.86 bits per heavy atom. The second kappa shape index (κ2) is 7.17. The smallest absolute Gasteiger partial charge is 0.308 e. The number of carboxylic acid groups (broad SMARTS) is 1. The van der Waals surface area contributed by atoms with Gasteiger partial charge in [-0.2, -0.15) is 0 Å². The number of aliphatic carboxylic acids is 1. The molecule has 1 heterocycles. The Kier molecular flexibility index (Phi) is 5.27. The number of benzene rings is 1. The zero-order valence-corrected chi connectivity index (χ0v) is 12.7. The molecule has 0 radical (unpaired) electrons. The molecular weight excluding hydrogens is 288 g/mol. The van der Waals surface area contributed by atoms with Crippen molar-refractivity contribution in [1.29, 1.82) is 0 Å². The molecular formula is C15H18N2O3S. The second-order valence-corrected chi connectivity index (χ2v) is 6.09. The molecule has 21 heavy (non-hydrogen) atoms. The standard InChI is InChI=1S/C15H18N2O3S/c1-10(15(19)20)9-16-13(18)7-4-8-14-17-11-5-2-3-6-12(11)21-14/h2-3,5-6,10H,4,7-9H2,1H3,(H,16,18)(H,19,20). The van der Waals surface area contributed by atoms with Crippen LogP contribution in [0.5, 0.6) is 0 Å². The molecule has 1 aromatic carbocycles. The SMILES string of the molecule is CC(CNC(=O)CCCc1nc2ccccc2s1)C(=O)O. The molecule has 0 bridgehead atoms. The molecule has 2 rings (SSSR count). The third-order valence-electron chi connectivity index (χ3n) is 3.16. The van der Waals surface area contributed by atoms with Gasteiger partial charge in [-0.05, 0) is 25.0 Å². The summed E-state index contributed by atoms with van der Waals surface area (Å²) >= 11 is 1.65. The molecule has 0 saturated carbocycles. The van der Waals surface area contributed by atoms with E-state index in [-0.39, 0.29) is 12.5 Å². The summed E-state index contributed by atoms with van der Waals surface area (Å²) in [6.07, 6.45) is 1.87. The minimum atomic E-state index is -0.898. The van der Waals surface area contributed by atoms with Crippen LogP contribution in [0.15, 0.2) is 24.3 Å². The van der Waals surface area contributed by atoms with E-state index in [1.807, 2.05) is 24.3 Å². The van der Waals surface area contributed by atoms with Gasteiger partial charge < -0.3 is 10.4 Å². The van der Waals surface area contributed by atoms with Crippen molar-refractivity contribution >= 4 is 33.4 Å². The Morgan fingerprint density at radius 1 is 1.38 bits per heavy atom. The lowest BCUT2D eigenvalue weighted by Gasteiger charge is -2.07. The average molecular weight is 306 g/mol. The molecule has 1 atom stereocenters. The Hall–Kier alpha value is -1.95. The highest BCUT2D eigenvalue weighted by atomic mass is 32.1. The number of aryl methyl sites for hydroxylation is 1. The largest absolute Gasteiger partial charge is 0.481 e. The summed E-state index contributed by atoms with van der Waals surface area (Å²) in [5.74, 6) is -1.56. The number of carbonyl (C=O) groups is 2. The van der Waals surface area contributed by atoms with Gasteiger partial charge in [0.15, 0.2) is 0 Å². The van der Waals surface area contributed by atoms with E-state index in [9.17, 15) is 9.59 Å². The highest BCUT2D eigenvalue weighted by molar-refractivity contribution is 7.18. The summed E-state index contributed by atoms with van der Waals surface area (Å²) in [5, 5.41) is 12.4. The van der Waals surface area contributed by atoms with Crippen molar-refractivity contribution in [3.05, 3.63) is 29.3 Å². The van der Waals surface area contributed by atoms with E-state index in [1.165, 1.54) is 0 Å². The van der Waals surface area contributed by atoms with Crippen molar-refractivity contribution in [2.45, 2.75) is 26.2 Å². The monoisotopic (exact) mass is 306 g/mol. The van der Waals surface area contributed by atoms with Gasteiger partial charge in [0.2, 0.25) is 5.91 Å². The van der Waals surface area contributed by atoms with Crippen molar-refractivity contribution in [2.75, 3.05) is 6.54 Å². The molecule has 6 heteroatoms. The minimum absolute atomic E-state index is 0.107. The van der Waals surface area contributed by atoms with Crippen LogP contribution >= 0.6 is 11.3 Å². The van der Waals surface area contributed by atoms with E-state index in [2.05, 4.69) is 10.3 Å². The van der Waals surface area contributed by atoms with Crippen LogP contribution in [0.2, 0.25) is 0 Å². The maximum absolute atomic E-state index is 11.6. The van der Waals surface area contributed by atoms with E-state index < -0.39 is 11.9 Å². The van der Waals surface area contributed by atoms with Crippen molar-refractivity contribution < 1.29 is 14.7 Å². The highest BCUT2D eigenvalue weighted by Crippen LogP contribution is 2.22. The van der Waals surface area contributed by atoms with E-state index in [1.54, 1.807) is 18.3 Å². The fraction of sp³-hybridized carbons (Fsp3) is 0.400. The van der Waals surface area contributed by atoms with Crippen molar-refractivity contribution in [2.24, 2.45) is 5.92 Å². The Morgan fingerprint density at radius 2 is 2.14 bits per heavy atom. The second-order valence-electron chi connectivity index (χ2n) is 4.97. The van der Waals surface area contributed by atoms with E-state index in [0.29, 0.717) is 12.8 Å². The normalized spacial score (nSPS) is 12.2. The summed E-state index contributed by atoms with van der Waals surface area (Å²) in [5.41, 5.74) is 0.997. The molecule has 0 aliphatic carbocycles. The summed E-state index contributed by atoms with van der Waals surface area (Å²) in [6.45, 7) is 1.75. The fourth-order valence-corrected chi connectivity index (χ4v) is 2.88. The number of nitrogens with one attached hydrogen (secondary N) is 1. The van der Waals surface area contributed by atoms with Crippen LogP contribution < -0.4 is 5.32 Å². The van der Waals surface area contributed by atoms with Crippen LogP contribution in [0, 0.1) is 5.92 Å². The highest BCUT2D eigenvalue weighted by Gasteiger charge is 2.12. The average Bonchev–Trinajstić information content (AvgIpc) is 2.87. The molecule has 0 aliphatic heterocycles. The Labute approximate surface area is 127 Å². The molecule has 0 saturated heterocycles. The van der Waals surface area contributed by atoms with Crippen molar-refractivity contribution in [1.82, 2.24) is 10.3 Å². The number of carboxylic acids is 1. The predicted octanol–water partition coefficient (Wildman–Crippen LogP) is 2.46. The maximum Gasteiger partial charge on any atom is 0.308 e. The first-order valence-electron chi connectivity index (χ1n) is 6.90. The molecule has 1 aromatic heterocycles. The number of aromatic nitrogens is 1. The van der Waals surface area contributed by atoms with Gasteiger partial charge >= 0.3 is 5.97 Å². The minimum Gasteiger partial charge on any atom is -0.481 e. The number of nitrogens with zero attached hydrogens (tertiary/aromatic N) is 1. The number of carbonyl (C=O) groups excluding carboxylic acids is 1. The number of para-hydroxylation sites is 1. The third kappa shape index (κ3) is 4.53. The summed E-state index contributed by atoms with van der Waals surface area (Å²) in [7, 11) is 0. The Balaban J connectivity index is 1.73. The lowest BCUT2D eigenvalue weighted by molar-refractivity contribution is -0.141. The first-order valence-corrected chi connectivity index (χ1v) is 7.72. The van der Waals surface area contributed by atoms with Gasteiger partial charge in [0.25, 0.3) is 0 Å². The maximum atomic E-state index is 11.6. The van der Waals surface area contributed by atoms with Gasteiger partial charge in [0, 0.05) is 13.0 Å². The van der Waals surface area contributed by atoms with E-state index in [4.69, 9.17) is 5.11 Å². The van der Waals surface area contributed by atoms with Crippen LogP contribution in [-0.4, -0.2) is 28.5 Å². The van der Waals surface area contributed by atoms with Crippen molar-refractivity contribution in [3.63, 3.8) is 0 Å². The van der Waals surface area contributed by atoms with Gasteiger partial charge in [-0.15, -0.1) is 11.3 Å². The summed E-state index contributed by atoms with van der Waals surface area (Å²) < 4.78 is 1.16. The van der Waals surface area contributed by atoms with Crippen LogP contribution in [0.25, 0.3) is 10.2 Å².